The minimum atomic E-state index is -5.56. The zero-order chi connectivity index (χ0) is 18.9. The zero-order valence-corrected chi connectivity index (χ0v) is 15.3. The molecule has 0 aliphatic heterocycles. The lowest BCUT2D eigenvalue weighted by atomic mass is 9.95. The van der Waals surface area contributed by atoms with Gasteiger partial charge in [-0.1, -0.05) is 0 Å². The summed E-state index contributed by atoms with van der Waals surface area (Å²) in [6.45, 7) is 2.72. The van der Waals surface area contributed by atoms with Gasteiger partial charge >= 0.3 is 17.8 Å². The number of halogens is 6. The first-order valence-corrected chi connectivity index (χ1v) is 8.60. The van der Waals surface area contributed by atoms with Gasteiger partial charge in [-0.15, -0.1) is 36.6 Å². The van der Waals surface area contributed by atoms with Gasteiger partial charge in [-0.3, -0.25) is 0 Å². The molecule has 2 aromatic heterocycles. The van der Waals surface area contributed by atoms with E-state index < -0.39 is 34.5 Å². The molecule has 10 heteroatoms. The van der Waals surface area contributed by atoms with E-state index >= 15 is 0 Å². The van der Waals surface area contributed by atoms with E-state index in [1.165, 1.54) is 13.8 Å². The number of thiophene rings is 1. The Hall–Kier alpha value is -1.00. The van der Waals surface area contributed by atoms with Crippen LogP contribution in [0.15, 0.2) is 21.4 Å². The van der Waals surface area contributed by atoms with Crippen LogP contribution < -0.4 is 0 Å². The fraction of sp³-hybridized carbons (Fsp3) is 0.333. The average Bonchev–Trinajstić information content (AvgIpc) is 2.98. The number of allylic oxidation sites excluding steroid dienone is 2. The quantitative estimate of drug-likeness (QED) is 0.388. The normalized spacial score (nSPS) is 21.2. The van der Waals surface area contributed by atoms with Gasteiger partial charge in [0, 0.05) is 27.3 Å². The van der Waals surface area contributed by atoms with E-state index in [1.54, 1.807) is 0 Å². The van der Waals surface area contributed by atoms with Crippen molar-refractivity contribution in [2.24, 2.45) is 0 Å². The maximum absolute atomic E-state index is 14.5. The summed E-state index contributed by atoms with van der Waals surface area (Å²) in [6.07, 6.45) is 0. The third kappa shape index (κ3) is 2.40. The van der Waals surface area contributed by atoms with Gasteiger partial charge in [0.2, 0.25) is 0 Å². The number of H-pyrrole nitrogens is 1. The second kappa shape index (κ2) is 5.50. The SMILES string of the molecule is Cc1[nH]c(S)cc1C1=C(c2cc(S)sc2C)C(F)(F)C(F)(F)C1(F)F. The minimum absolute atomic E-state index is 0.0460. The van der Waals surface area contributed by atoms with Crippen LogP contribution in [-0.4, -0.2) is 22.8 Å². The number of thiol groups is 2. The number of alkyl halides is 6. The molecule has 1 aliphatic rings. The van der Waals surface area contributed by atoms with Crippen LogP contribution in [0.4, 0.5) is 26.3 Å². The molecule has 0 spiro atoms. The number of nitrogens with one attached hydrogen (secondary N) is 1. The Bertz CT molecular complexity index is 823. The predicted molar refractivity (Wildman–Crippen MR) is 90.7 cm³/mol. The maximum Gasteiger partial charge on any atom is 0.380 e. The first-order valence-electron chi connectivity index (χ1n) is 6.89. The zero-order valence-electron chi connectivity index (χ0n) is 12.7. The fourth-order valence-electron chi connectivity index (χ4n) is 2.95. The third-order valence-electron chi connectivity index (χ3n) is 4.11. The highest BCUT2D eigenvalue weighted by atomic mass is 32.2. The molecule has 2 heterocycles. The molecule has 0 saturated heterocycles. The van der Waals surface area contributed by atoms with Crippen LogP contribution in [0, 0.1) is 13.8 Å². The molecular formula is C15H11F6NS3. The van der Waals surface area contributed by atoms with Crippen molar-refractivity contribution in [2.45, 2.75) is 40.9 Å². The molecule has 136 valence electrons. The van der Waals surface area contributed by atoms with Gasteiger partial charge in [-0.05, 0) is 31.5 Å². The monoisotopic (exact) mass is 415 g/mol. The Morgan fingerprint density at radius 3 is 1.80 bits per heavy atom. The summed E-state index contributed by atoms with van der Waals surface area (Å²) in [4.78, 5) is 2.76. The Labute approximate surface area is 154 Å². The van der Waals surface area contributed by atoms with Crippen LogP contribution >= 0.6 is 36.6 Å². The van der Waals surface area contributed by atoms with Crippen molar-refractivity contribution in [2.75, 3.05) is 0 Å². The Morgan fingerprint density at radius 1 is 0.880 bits per heavy atom. The second-order valence-electron chi connectivity index (χ2n) is 5.72. The number of hydrogen-bond acceptors (Lipinski definition) is 3. The standard InChI is InChI=1S/C15H11F6NS3/c1-5-7(3-9(23)22-5)11-12(8-4-10(24)25-6(8)2)14(18,19)15(20,21)13(11,16)17/h3-4,22-24H,1-2H3. The van der Waals surface area contributed by atoms with Crippen molar-refractivity contribution < 1.29 is 26.3 Å². The molecule has 1 N–H and O–H groups in total. The highest BCUT2D eigenvalue weighted by Crippen LogP contribution is 2.65. The van der Waals surface area contributed by atoms with Crippen molar-refractivity contribution in [1.29, 1.82) is 0 Å². The van der Waals surface area contributed by atoms with Crippen LogP contribution in [-0.2, 0) is 0 Å². The van der Waals surface area contributed by atoms with Crippen LogP contribution in [0.3, 0.4) is 0 Å². The topological polar surface area (TPSA) is 15.8 Å². The van der Waals surface area contributed by atoms with E-state index in [9.17, 15) is 26.3 Å². The van der Waals surface area contributed by atoms with Crippen LogP contribution in [0.25, 0.3) is 11.1 Å². The van der Waals surface area contributed by atoms with Crippen molar-refractivity contribution in [3.8, 4) is 0 Å². The summed E-state index contributed by atoms with van der Waals surface area (Å²) >= 11 is 8.90. The van der Waals surface area contributed by atoms with Gasteiger partial charge in [-0.25, -0.2) is 0 Å². The second-order valence-corrected chi connectivity index (χ2v) is 8.24. The van der Waals surface area contributed by atoms with Crippen molar-refractivity contribution >= 4 is 47.7 Å². The van der Waals surface area contributed by atoms with Gasteiger partial charge in [-0.2, -0.15) is 26.3 Å². The lowest BCUT2D eigenvalue weighted by molar-refractivity contribution is -0.254. The first kappa shape index (κ1) is 18.8. The average molecular weight is 415 g/mol. The predicted octanol–water partition coefficient (Wildman–Crippen LogP) is 6.10. The Morgan fingerprint density at radius 2 is 1.40 bits per heavy atom. The highest BCUT2D eigenvalue weighted by Gasteiger charge is 2.80. The lowest BCUT2D eigenvalue weighted by Crippen LogP contribution is -2.48. The number of aromatic nitrogens is 1. The molecule has 25 heavy (non-hydrogen) atoms. The molecule has 0 bridgehead atoms. The van der Waals surface area contributed by atoms with E-state index in [0.29, 0.717) is 0 Å². The van der Waals surface area contributed by atoms with Crippen LogP contribution in [0.1, 0.15) is 21.7 Å². The molecule has 3 rings (SSSR count). The molecule has 2 aromatic rings. The van der Waals surface area contributed by atoms with E-state index in [0.717, 1.165) is 23.5 Å². The minimum Gasteiger partial charge on any atom is -0.354 e. The Balaban J connectivity index is 2.46. The van der Waals surface area contributed by atoms with Crippen molar-refractivity contribution in [3.05, 3.63) is 33.8 Å². The van der Waals surface area contributed by atoms with Crippen molar-refractivity contribution in [1.82, 2.24) is 4.98 Å². The molecule has 0 radical (unpaired) electrons. The number of aromatic amines is 1. The Kier molecular flexibility index (Phi) is 4.13. The van der Waals surface area contributed by atoms with Gasteiger partial charge in [0.15, 0.2) is 0 Å². The molecule has 0 unspecified atom stereocenters. The molecule has 0 aromatic carbocycles. The summed E-state index contributed by atoms with van der Waals surface area (Å²) < 4.78 is 86.3. The van der Waals surface area contributed by atoms with Gasteiger partial charge < -0.3 is 4.98 Å². The van der Waals surface area contributed by atoms with E-state index in [4.69, 9.17) is 0 Å². The number of aryl methyl sites for hydroxylation is 2. The van der Waals surface area contributed by atoms with Crippen LogP contribution in [0.5, 0.6) is 0 Å². The van der Waals surface area contributed by atoms with E-state index in [2.05, 4.69) is 30.2 Å². The van der Waals surface area contributed by atoms with Gasteiger partial charge in [0.1, 0.15) is 0 Å². The summed E-state index contributed by atoms with van der Waals surface area (Å²) in [7, 11) is 0. The smallest absolute Gasteiger partial charge is 0.354 e. The molecular weight excluding hydrogens is 404 g/mol. The summed E-state index contributed by atoms with van der Waals surface area (Å²) in [5.41, 5.74) is -3.47. The fourth-order valence-corrected chi connectivity index (χ4v) is 4.55. The summed E-state index contributed by atoms with van der Waals surface area (Å²) in [6, 6.07) is 2.15. The molecule has 0 amide bonds. The molecule has 0 fully saturated rings. The van der Waals surface area contributed by atoms with Crippen LogP contribution in [0.2, 0.25) is 0 Å². The van der Waals surface area contributed by atoms with E-state index in [-0.39, 0.29) is 25.4 Å². The van der Waals surface area contributed by atoms with Gasteiger partial charge in [0.05, 0.1) is 9.24 Å². The number of hydrogen-bond donors (Lipinski definition) is 3. The van der Waals surface area contributed by atoms with Crippen molar-refractivity contribution in [3.63, 3.8) is 0 Å². The molecule has 0 atom stereocenters. The maximum atomic E-state index is 14.5. The largest absolute Gasteiger partial charge is 0.380 e. The molecule has 1 nitrogen and oxygen atoms in total. The number of rotatable bonds is 2. The molecule has 0 saturated carbocycles. The third-order valence-corrected chi connectivity index (χ3v) is 5.61. The lowest BCUT2D eigenvalue weighted by Gasteiger charge is -2.25. The summed E-state index contributed by atoms with van der Waals surface area (Å²) in [5, 5.41) is 0.102. The first-order chi connectivity index (χ1) is 11.3. The van der Waals surface area contributed by atoms with E-state index in [1.807, 2.05) is 0 Å². The summed E-state index contributed by atoms with van der Waals surface area (Å²) in [5.74, 6) is -15.7. The molecule has 1 aliphatic carbocycles. The van der Waals surface area contributed by atoms with Gasteiger partial charge in [0.25, 0.3) is 0 Å². The highest BCUT2D eigenvalue weighted by molar-refractivity contribution is 7.82.